The number of phenolic OH excluding ortho intramolecular Hbond substituents is 1. The fraction of sp³-hybridized carbons (Fsp3) is 0.250. The number of ether oxygens (including phenoxy) is 1. The van der Waals surface area contributed by atoms with Crippen molar-refractivity contribution in [1.82, 2.24) is 5.32 Å². The fourth-order valence-electron chi connectivity index (χ4n) is 1.82. The van der Waals surface area contributed by atoms with Crippen molar-refractivity contribution in [3.8, 4) is 5.75 Å². The number of carbonyl (C=O) groups excluding carboxylic acids is 2. The van der Waals surface area contributed by atoms with Crippen LogP contribution in [0.25, 0.3) is 0 Å². The maximum atomic E-state index is 11.9. The van der Waals surface area contributed by atoms with Crippen LogP contribution >= 0.6 is 0 Å². The van der Waals surface area contributed by atoms with E-state index in [-0.39, 0.29) is 17.9 Å². The highest BCUT2D eigenvalue weighted by Gasteiger charge is 2.20. The van der Waals surface area contributed by atoms with Crippen LogP contribution in [0.15, 0.2) is 41.0 Å². The molecule has 1 aromatic carbocycles. The summed E-state index contributed by atoms with van der Waals surface area (Å²) in [6, 6.07) is 8.03. The van der Waals surface area contributed by atoms with E-state index in [1.54, 1.807) is 25.1 Å². The summed E-state index contributed by atoms with van der Waals surface area (Å²) in [5, 5.41) is 12.3. The zero-order valence-electron chi connectivity index (χ0n) is 12.3. The first-order valence-electron chi connectivity index (χ1n) is 6.78. The number of carbonyl (C=O) groups is 2. The first-order chi connectivity index (χ1) is 10.5. The van der Waals surface area contributed by atoms with Crippen LogP contribution in [0, 0.1) is 6.92 Å². The third-order valence-corrected chi connectivity index (χ3v) is 3.04. The first-order valence-corrected chi connectivity index (χ1v) is 6.78. The highest BCUT2D eigenvalue weighted by atomic mass is 16.5. The van der Waals surface area contributed by atoms with Crippen molar-refractivity contribution in [2.75, 3.05) is 0 Å². The lowest BCUT2D eigenvalue weighted by atomic mass is 10.1. The predicted octanol–water partition coefficient (Wildman–Crippen LogP) is 2.16. The molecule has 0 aliphatic carbocycles. The second kappa shape index (κ2) is 6.80. The van der Waals surface area contributed by atoms with Crippen LogP contribution in [0.2, 0.25) is 0 Å². The van der Waals surface area contributed by atoms with E-state index in [0.717, 1.165) is 5.56 Å². The summed E-state index contributed by atoms with van der Waals surface area (Å²) in [6.07, 6.45) is 0.522. The maximum Gasteiger partial charge on any atom is 0.342 e. The molecule has 0 fully saturated rings. The molecule has 116 valence electrons. The highest BCUT2D eigenvalue weighted by Crippen LogP contribution is 2.19. The van der Waals surface area contributed by atoms with E-state index in [1.165, 1.54) is 25.3 Å². The molecule has 0 saturated heterocycles. The minimum Gasteiger partial charge on any atom is -0.507 e. The second-order valence-corrected chi connectivity index (χ2v) is 4.87. The zero-order valence-corrected chi connectivity index (χ0v) is 12.3. The smallest absolute Gasteiger partial charge is 0.342 e. The zero-order chi connectivity index (χ0) is 16.1. The molecule has 0 unspecified atom stereocenters. The van der Waals surface area contributed by atoms with Crippen molar-refractivity contribution < 1.29 is 23.8 Å². The maximum absolute atomic E-state index is 11.9. The van der Waals surface area contributed by atoms with Gasteiger partial charge in [-0.05, 0) is 43.7 Å². The Morgan fingerprint density at radius 2 is 2.14 bits per heavy atom. The average molecular weight is 303 g/mol. The minimum absolute atomic E-state index is 0.0243. The van der Waals surface area contributed by atoms with Gasteiger partial charge in [0.05, 0.1) is 12.8 Å². The molecular weight excluding hydrogens is 286 g/mol. The van der Waals surface area contributed by atoms with Crippen molar-refractivity contribution in [3.05, 3.63) is 53.5 Å². The largest absolute Gasteiger partial charge is 0.507 e. The molecular formula is C16H17NO5. The van der Waals surface area contributed by atoms with E-state index in [2.05, 4.69) is 5.32 Å². The van der Waals surface area contributed by atoms with Crippen molar-refractivity contribution in [2.24, 2.45) is 0 Å². The van der Waals surface area contributed by atoms with Gasteiger partial charge in [-0.2, -0.15) is 0 Å². The Morgan fingerprint density at radius 1 is 1.36 bits per heavy atom. The van der Waals surface area contributed by atoms with Gasteiger partial charge in [0.2, 0.25) is 0 Å². The lowest BCUT2D eigenvalue weighted by molar-refractivity contribution is -0.129. The molecule has 1 aromatic heterocycles. The molecule has 6 nitrogen and oxygen atoms in total. The molecule has 2 N–H and O–H groups in total. The highest BCUT2D eigenvalue weighted by molar-refractivity contribution is 5.94. The number of hydrogen-bond acceptors (Lipinski definition) is 5. The van der Waals surface area contributed by atoms with Crippen molar-refractivity contribution in [1.29, 1.82) is 0 Å². The molecule has 0 radical (unpaired) electrons. The molecule has 6 heteroatoms. The van der Waals surface area contributed by atoms with Gasteiger partial charge in [-0.25, -0.2) is 4.79 Å². The van der Waals surface area contributed by atoms with Crippen LogP contribution in [0.3, 0.4) is 0 Å². The summed E-state index contributed by atoms with van der Waals surface area (Å²) in [7, 11) is 0. The summed E-state index contributed by atoms with van der Waals surface area (Å²) in [6.45, 7) is 3.46. The number of aryl methyl sites for hydroxylation is 1. The molecule has 2 rings (SSSR count). The van der Waals surface area contributed by atoms with E-state index in [0.29, 0.717) is 5.76 Å². The molecule has 1 amide bonds. The molecule has 0 bridgehead atoms. The Balaban J connectivity index is 1.91. The third kappa shape index (κ3) is 3.88. The van der Waals surface area contributed by atoms with Crippen LogP contribution in [-0.4, -0.2) is 23.1 Å². The van der Waals surface area contributed by atoms with E-state index >= 15 is 0 Å². The molecule has 0 spiro atoms. The Bertz CT molecular complexity index is 663. The second-order valence-electron chi connectivity index (χ2n) is 4.87. The van der Waals surface area contributed by atoms with Gasteiger partial charge in [-0.15, -0.1) is 0 Å². The molecule has 2 aromatic rings. The van der Waals surface area contributed by atoms with Crippen LogP contribution < -0.4 is 5.32 Å². The number of hydrogen-bond donors (Lipinski definition) is 2. The molecule has 1 atom stereocenters. The van der Waals surface area contributed by atoms with Gasteiger partial charge in [-0.1, -0.05) is 6.07 Å². The number of phenols is 1. The van der Waals surface area contributed by atoms with E-state index < -0.39 is 18.0 Å². The summed E-state index contributed by atoms with van der Waals surface area (Å²) < 4.78 is 10.1. The summed E-state index contributed by atoms with van der Waals surface area (Å²) in [4.78, 5) is 23.8. The van der Waals surface area contributed by atoms with Crippen LogP contribution in [-0.2, 0) is 16.1 Å². The number of furan rings is 1. The molecule has 0 aliphatic heterocycles. The number of aromatic hydroxyl groups is 1. The number of amides is 1. The molecule has 22 heavy (non-hydrogen) atoms. The minimum atomic E-state index is -0.983. The van der Waals surface area contributed by atoms with Crippen LogP contribution in [0.5, 0.6) is 5.75 Å². The number of nitrogens with one attached hydrogen (secondary N) is 1. The molecule has 1 heterocycles. The first kappa shape index (κ1) is 15.6. The Kier molecular flexibility index (Phi) is 4.83. The monoisotopic (exact) mass is 303 g/mol. The SMILES string of the molecule is Cc1ccc(C(=O)O[C@H](C)C(=O)NCc2ccco2)c(O)c1. The van der Waals surface area contributed by atoms with Gasteiger partial charge in [-0.3, -0.25) is 4.79 Å². The topological polar surface area (TPSA) is 88.8 Å². The van der Waals surface area contributed by atoms with Crippen molar-refractivity contribution in [2.45, 2.75) is 26.5 Å². The van der Waals surface area contributed by atoms with Crippen LogP contribution in [0.1, 0.15) is 28.6 Å². The third-order valence-electron chi connectivity index (χ3n) is 3.04. The standard InChI is InChI=1S/C16H17NO5/c1-10-5-6-13(14(18)8-10)16(20)22-11(2)15(19)17-9-12-4-3-7-21-12/h3-8,11,18H,9H2,1-2H3,(H,17,19)/t11-/m1/s1. The van der Waals surface area contributed by atoms with Gasteiger partial charge in [0.15, 0.2) is 6.10 Å². The van der Waals surface area contributed by atoms with E-state index in [1.807, 2.05) is 0 Å². The Morgan fingerprint density at radius 3 is 2.77 bits per heavy atom. The summed E-state index contributed by atoms with van der Waals surface area (Å²) in [5.41, 5.74) is 0.842. The lowest BCUT2D eigenvalue weighted by Gasteiger charge is -2.13. The Hall–Kier alpha value is -2.76. The molecule has 0 aliphatic rings. The quantitative estimate of drug-likeness (QED) is 0.826. The predicted molar refractivity (Wildman–Crippen MR) is 78.3 cm³/mol. The summed E-state index contributed by atoms with van der Waals surface area (Å²) >= 11 is 0. The number of esters is 1. The van der Waals surface area contributed by atoms with E-state index in [4.69, 9.17) is 9.15 Å². The average Bonchev–Trinajstić information content (AvgIpc) is 2.97. The van der Waals surface area contributed by atoms with Crippen molar-refractivity contribution >= 4 is 11.9 Å². The van der Waals surface area contributed by atoms with Gasteiger partial charge in [0, 0.05) is 0 Å². The fourth-order valence-corrected chi connectivity index (χ4v) is 1.82. The normalized spacial score (nSPS) is 11.7. The van der Waals surface area contributed by atoms with Crippen molar-refractivity contribution in [3.63, 3.8) is 0 Å². The van der Waals surface area contributed by atoms with Gasteiger partial charge >= 0.3 is 5.97 Å². The lowest BCUT2D eigenvalue weighted by Crippen LogP contribution is -2.35. The van der Waals surface area contributed by atoms with Crippen LogP contribution in [0.4, 0.5) is 0 Å². The van der Waals surface area contributed by atoms with Gasteiger partial charge in [0.25, 0.3) is 5.91 Å². The van der Waals surface area contributed by atoms with Gasteiger partial charge < -0.3 is 19.6 Å². The van der Waals surface area contributed by atoms with E-state index in [9.17, 15) is 14.7 Å². The van der Waals surface area contributed by atoms with Gasteiger partial charge in [0.1, 0.15) is 17.1 Å². The summed E-state index contributed by atoms with van der Waals surface area (Å²) in [5.74, 6) is -0.772. The number of benzene rings is 1. The Labute approximate surface area is 127 Å². The number of rotatable bonds is 5. The molecule has 0 saturated carbocycles.